The zero-order valence-electron chi connectivity index (χ0n) is 6.52. The van der Waals surface area contributed by atoms with Gasteiger partial charge in [-0.1, -0.05) is 26.7 Å². The molecule has 0 aromatic rings. The predicted octanol–water partition coefficient (Wildman–Crippen LogP) is 3.13. The molecule has 0 bridgehead atoms. The van der Waals surface area contributed by atoms with Crippen LogP contribution >= 0.6 is 11.8 Å². The number of thioether (sulfide) groups is 1. The van der Waals surface area contributed by atoms with E-state index >= 15 is 0 Å². The highest BCUT2D eigenvalue weighted by Crippen LogP contribution is 2.06. The maximum atomic E-state index is 2.25. The zero-order valence-corrected chi connectivity index (χ0v) is 7.34. The average molecular weight is 145 g/mol. The summed E-state index contributed by atoms with van der Waals surface area (Å²) in [6.45, 7) is 4.36. The summed E-state index contributed by atoms with van der Waals surface area (Å²) in [7, 11) is 0. The van der Waals surface area contributed by atoms with Crippen LogP contribution in [0.3, 0.4) is 0 Å². The largest absolute Gasteiger partial charge is 0.162 e. The van der Waals surface area contributed by atoms with Gasteiger partial charge in [0, 0.05) is 0 Å². The monoisotopic (exact) mass is 145 g/mol. The maximum Gasteiger partial charge on any atom is -0.00389 e. The Morgan fingerprint density at radius 1 is 1.33 bits per heavy atom. The number of hydrogen-bond acceptors (Lipinski definition) is 1. The van der Waals surface area contributed by atoms with Crippen LogP contribution in [0.2, 0.25) is 0 Å². The Balaban J connectivity index is 2.60. The van der Waals surface area contributed by atoms with Crippen molar-refractivity contribution in [3.8, 4) is 0 Å². The average Bonchev–Trinajstić information content (AvgIpc) is 1.89. The molecule has 0 fully saturated rings. The lowest BCUT2D eigenvalue weighted by Crippen LogP contribution is -1.81. The summed E-state index contributed by atoms with van der Waals surface area (Å²) >= 11 is 2.04. The molecule has 9 heavy (non-hydrogen) atoms. The first-order chi connectivity index (χ1) is 4.41. The van der Waals surface area contributed by atoms with Crippen molar-refractivity contribution in [3.05, 3.63) is 6.42 Å². The summed E-state index contributed by atoms with van der Waals surface area (Å²) in [4.78, 5) is 0. The summed E-state index contributed by atoms with van der Waals surface area (Å²) in [5.41, 5.74) is 0. The van der Waals surface area contributed by atoms with Crippen LogP contribution in [0, 0.1) is 6.42 Å². The Hall–Kier alpha value is 0.350. The van der Waals surface area contributed by atoms with Gasteiger partial charge in [-0.25, -0.2) is 0 Å². The number of hydrogen-bond donors (Lipinski definition) is 0. The third-order valence-corrected chi connectivity index (χ3v) is 2.32. The summed E-state index contributed by atoms with van der Waals surface area (Å²) in [6, 6.07) is 0. The molecule has 0 rings (SSSR count). The molecule has 0 spiro atoms. The second kappa shape index (κ2) is 8.35. The molecule has 0 heterocycles. The summed E-state index contributed by atoms with van der Waals surface area (Å²) < 4.78 is 0. The fourth-order valence-corrected chi connectivity index (χ4v) is 1.47. The summed E-state index contributed by atoms with van der Waals surface area (Å²) in [6.07, 6.45) is 6.36. The van der Waals surface area contributed by atoms with Gasteiger partial charge < -0.3 is 0 Å². The third kappa shape index (κ3) is 8.35. The number of rotatable bonds is 6. The maximum absolute atomic E-state index is 2.25. The molecule has 0 saturated carbocycles. The van der Waals surface area contributed by atoms with E-state index < -0.39 is 0 Å². The Morgan fingerprint density at radius 3 is 2.67 bits per heavy atom. The van der Waals surface area contributed by atoms with E-state index in [9.17, 15) is 0 Å². The van der Waals surface area contributed by atoms with Crippen molar-refractivity contribution < 1.29 is 0 Å². The van der Waals surface area contributed by atoms with Gasteiger partial charge in [0.05, 0.1) is 0 Å². The van der Waals surface area contributed by atoms with E-state index in [0.717, 1.165) is 0 Å². The van der Waals surface area contributed by atoms with Gasteiger partial charge in [-0.05, 0) is 24.3 Å². The highest BCUT2D eigenvalue weighted by atomic mass is 32.2. The molecule has 0 amide bonds. The summed E-state index contributed by atoms with van der Waals surface area (Å²) in [5, 5.41) is 0. The van der Waals surface area contributed by atoms with Gasteiger partial charge in [0.25, 0.3) is 0 Å². The van der Waals surface area contributed by atoms with Gasteiger partial charge in [0.2, 0.25) is 0 Å². The minimum atomic E-state index is 1.23. The van der Waals surface area contributed by atoms with E-state index in [0.29, 0.717) is 0 Å². The standard InChI is InChI=1S/C8H17S/c1-3-5-6-8-9-7-4-2/h4H,3,5-8H2,1-2H3. The molecule has 1 heteroatoms. The first-order valence-electron chi connectivity index (χ1n) is 3.77. The van der Waals surface area contributed by atoms with Crippen molar-refractivity contribution in [2.45, 2.75) is 33.1 Å². The van der Waals surface area contributed by atoms with Crippen molar-refractivity contribution in [1.29, 1.82) is 0 Å². The minimum absolute atomic E-state index is 1.23. The van der Waals surface area contributed by atoms with Crippen LogP contribution in [-0.2, 0) is 0 Å². The van der Waals surface area contributed by atoms with Crippen LogP contribution in [0.25, 0.3) is 0 Å². The topological polar surface area (TPSA) is 0 Å². The molecule has 0 N–H and O–H groups in total. The second-order valence-electron chi connectivity index (χ2n) is 2.19. The molecule has 0 nitrogen and oxygen atoms in total. The van der Waals surface area contributed by atoms with E-state index in [1.807, 2.05) is 11.8 Å². The van der Waals surface area contributed by atoms with Crippen LogP contribution < -0.4 is 0 Å². The van der Waals surface area contributed by atoms with Crippen LogP contribution in [0.1, 0.15) is 33.1 Å². The van der Waals surface area contributed by atoms with Crippen LogP contribution in [-0.4, -0.2) is 11.5 Å². The van der Waals surface area contributed by atoms with Gasteiger partial charge in [-0.2, -0.15) is 11.8 Å². The van der Waals surface area contributed by atoms with E-state index in [2.05, 4.69) is 20.3 Å². The van der Waals surface area contributed by atoms with Crippen molar-refractivity contribution in [2.75, 3.05) is 11.5 Å². The molecule has 0 aromatic heterocycles. The van der Waals surface area contributed by atoms with Crippen LogP contribution in [0.15, 0.2) is 0 Å². The van der Waals surface area contributed by atoms with Crippen molar-refractivity contribution in [3.63, 3.8) is 0 Å². The van der Waals surface area contributed by atoms with Gasteiger partial charge in [0.1, 0.15) is 0 Å². The first-order valence-corrected chi connectivity index (χ1v) is 4.92. The minimum Gasteiger partial charge on any atom is -0.162 e. The van der Waals surface area contributed by atoms with Gasteiger partial charge in [0.15, 0.2) is 0 Å². The molecule has 0 unspecified atom stereocenters. The van der Waals surface area contributed by atoms with Gasteiger partial charge in [-0.3, -0.25) is 0 Å². The zero-order chi connectivity index (χ0) is 6.95. The molecule has 55 valence electrons. The second-order valence-corrected chi connectivity index (χ2v) is 3.34. The molecular formula is C8H17S. The fourth-order valence-electron chi connectivity index (χ4n) is 0.655. The summed E-state index contributed by atoms with van der Waals surface area (Å²) in [5.74, 6) is 2.57. The van der Waals surface area contributed by atoms with Gasteiger partial charge >= 0.3 is 0 Å². The van der Waals surface area contributed by atoms with Crippen LogP contribution in [0.4, 0.5) is 0 Å². The quantitative estimate of drug-likeness (QED) is 0.517. The van der Waals surface area contributed by atoms with Gasteiger partial charge in [-0.15, -0.1) is 0 Å². The van der Waals surface area contributed by atoms with Crippen molar-refractivity contribution in [2.24, 2.45) is 0 Å². The Labute approximate surface area is 63.4 Å². The molecule has 0 aliphatic carbocycles. The van der Waals surface area contributed by atoms with Crippen molar-refractivity contribution in [1.82, 2.24) is 0 Å². The molecule has 0 aromatic carbocycles. The predicted molar refractivity (Wildman–Crippen MR) is 46.8 cm³/mol. The normalized spacial score (nSPS) is 10.0. The molecule has 0 aliphatic heterocycles. The van der Waals surface area contributed by atoms with E-state index in [-0.39, 0.29) is 0 Å². The molecule has 0 aliphatic rings. The van der Waals surface area contributed by atoms with E-state index in [1.165, 1.54) is 30.8 Å². The van der Waals surface area contributed by atoms with Crippen molar-refractivity contribution >= 4 is 11.8 Å². The van der Waals surface area contributed by atoms with E-state index in [1.54, 1.807) is 0 Å². The molecule has 1 radical (unpaired) electrons. The molecule has 0 atom stereocenters. The Morgan fingerprint density at radius 2 is 2.11 bits per heavy atom. The SMILES string of the molecule is C[CH]CSCCCCC. The number of unbranched alkanes of at least 4 members (excludes halogenated alkanes) is 2. The lowest BCUT2D eigenvalue weighted by molar-refractivity contribution is 0.779. The smallest absolute Gasteiger partial charge is 0.00389 e. The van der Waals surface area contributed by atoms with E-state index in [4.69, 9.17) is 0 Å². The molecular weight excluding hydrogens is 128 g/mol. The first kappa shape index (κ1) is 9.35. The Bertz CT molecular complexity index is 37.8. The lowest BCUT2D eigenvalue weighted by Gasteiger charge is -1.96. The fraction of sp³-hybridized carbons (Fsp3) is 0.875. The highest BCUT2D eigenvalue weighted by Gasteiger charge is 1.85. The Kier molecular flexibility index (Phi) is 8.67. The third-order valence-electron chi connectivity index (χ3n) is 1.18. The van der Waals surface area contributed by atoms with Crippen LogP contribution in [0.5, 0.6) is 0 Å². The lowest BCUT2D eigenvalue weighted by atomic mass is 10.3. The molecule has 0 saturated heterocycles. The highest BCUT2D eigenvalue weighted by molar-refractivity contribution is 7.99.